The van der Waals surface area contributed by atoms with Gasteiger partial charge in [-0.05, 0) is 23.8 Å². The van der Waals surface area contributed by atoms with Crippen molar-refractivity contribution in [3.05, 3.63) is 71.3 Å². The van der Waals surface area contributed by atoms with Crippen LogP contribution in [0.25, 0.3) is 0 Å². The van der Waals surface area contributed by atoms with Crippen LogP contribution in [0.5, 0.6) is 0 Å². The van der Waals surface area contributed by atoms with Gasteiger partial charge in [-0.2, -0.15) is 0 Å². The molecule has 0 bridgehead atoms. The van der Waals surface area contributed by atoms with Gasteiger partial charge < -0.3 is 0 Å². The van der Waals surface area contributed by atoms with E-state index in [9.17, 15) is 0 Å². The summed E-state index contributed by atoms with van der Waals surface area (Å²) in [6.07, 6.45) is 6.13. The number of rotatable bonds is 1. The number of benzene rings is 2. The maximum Gasteiger partial charge on any atom is 0.0356 e. The Kier molecular flexibility index (Phi) is 3.64. The fourth-order valence-electron chi connectivity index (χ4n) is 1.58. The van der Waals surface area contributed by atoms with Gasteiger partial charge >= 0.3 is 0 Å². The molecule has 0 unspecified atom stereocenters. The average Bonchev–Trinajstić information content (AvgIpc) is 2.40. The molecule has 17 heavy (non-hydrogen) atoms. The third-order valence-electron chi connectivity index (χ3n) is 2.46. The van der Waals surface area contributed by atoms with Crippen LogP contribution in [0.4, 0.5) is 0 Å². The maximum absolute atomic E-state index is 5.44. The van der Waals surface area contributed by atoms with E-state index in [4.69, 9.17) is 6.42 Å². The van der Waals surface area contributed by atoms with Crippen LogP contribution >= 0.6 is 0 Å². The first kappa shape index (κ1) is 11.1. The van der Waals surface area contributed by atoms with Gasteiger partial charge in [-0.3, -0.25) is 0 Å². The van der Waals surface area contributed by atoms with Gasteiger partial charge in [0.1, 0.15) is 0 Å². The highest BCUT2D eigenvalue weighted by Crippen LogP contribution is 2.07. The van der Waals surface area contributed by atoms with E-state index in [1.165, 1.54) is 0 Å². The molecule has 0 heteroatoms. The van der Waals surface area contributed by atoms with E-state index < -0.39 is 0 Å². The summed E-state index contributed by atoms with van der Waals surface area (Å²) in [4.78, 5) is 0. The van der Waals surface area contributed by atoms with Crippen molar-refractivity contribution in [1.29, 1.82) is 0 Å². The number of hydrogen-bond acceptors (Lipinski definition) is 0. The fourth-order valence-corrected chi connectivity index (χ4v) is 1.58. The monoisotopic (exact) mass is 216 g/mol. The van der Waals surface area contributed by atoms with E-state index in [1.54, 1.807) is 0 Å². The standard InChI is InChI=1S/C17H12/c1-2-16-12-6-7-13-17(16)14-8-11-15-9-4-3-5-10-15/h1,3-7,9-10,12-13H,14H2. The van der Waals surface area contributed by atoms with E-state index in [0.29, 0.717) is 6.42 Å². The Hall–Kier alpha value is -2.44. The second kappa shape index (κ2) is 5.59. The van der Waals surface area contributed by atoms with Crippen molar-refractivity contribution in [2.24, 2.45) is 0 Å². The van der Waals surface area contributed by atoms with Crippen molar-refractivity contribution < 1.29 is 0 Å². The molecule has 0 aliphatic carbocycles. The molecule has 0 atom stereocenters. The minimum Gasteiger partial charge on any atom is -0.115 e. The van der Waals surface area contributed by atoms with Crippen LogP contribution in [0, 0.1) is 24.2 Å². The van der Waals surface area contributed by atoms with Gasteiger partial charge in [0, 0.05) is 17.5 Å². The smallest absolute Gasteiger partial charge is 0.0356 e. The Bertz CT molecular complexity index is 589. The Labute approximate surface area is 102 Å². The summed E-state index contributed by atoms with van der Waals surface area (Å²) in [7, 11) is 0. The molecule has 0 aliphatic rings. The largest absolute Gasteiger partial charge is 0.115 e. The van der Waals surface area contributed by atoms with Gasteiger partial charge in [0.05, 0.1) is 0 Å². The lowest BCUT2D eigenvalue weighted by Crippen LogP contribution is -1.87. The molecule has 2 rings (SSSR count). The summed E-state index contributed by atoms with van der Waals surface area (Å²) >= 11 is 0. The van der Waals surface area contributed by atoms with Gasteiger partial charge in [0.15, 0.2) is 0 Å². The maximum atomic E-state index is 5.44. The Morgan fingerprint density at radius 2 is 1.59 bits per heavy atom. The summed E-state index contributed by atoms with van der Waals surface area (Å²) in [5.74, 6) is 8.95. The number of hydrogen-bond donors (Lipinski definition) is 0. The molecule has 0 aromatic heterocycles. The highest BCUT2D eigenvalue weighted by molar-refractivity contribution is 5.42. The second-order valence-corrected chi connectivity index (χ2v) is 3.65. The van der Waals surface area contributed by atoms with E-state index in [1.807, 2.05) is 54.6 Å². The third-order valence-corrected chi connectivity index (χ3v) is 2.46. The van der Waals surface area contributed by atoms with Gasteiger partial charge in [0.25, 0.3) is 0 Å². The van der Waals surface area contributed by atoms with Gasteiger partial charge in [-0.25, -0.2) is 0 Å². The summed E-state index contributed by atoms with van der Waals surface area (Å²) in [6, 6.07) is 17.9. The lowest BCUT2D eigenvalue weighted by Gasteiger charge is -1.98. The van der Waals surface area contributed by atoms with Crippen molar-refractivity contribution in [2.75, 3.05) is 0 Å². The first-order chi connectivity index (χ1) is 8.40. The van der Waals surface area contributed by atoms with Crippen LogP contribution < -0.4 is 0 Å². The second-order valence-electron chi connectivity index (χ2n) is 3.65. The summed E-state index contributed by atoms with van der Waals surface area (Å²) in [5.41, 5.74) is 3.07. The van der Waals surface area contributed by atoms with E-state index >= 15 is 0 Å². The van der Waals surface area contributed by atoms with Crippen molar-refractivity contribution >= 4 is 0 Å². The zero-order chi connectivity index (χ0) is 11.9. The predicted molar refractivity (Wildman–Crippen MR) is 71.4 cm³/mol. The van der Waals surface area contributed by atoms with E-state index in [2.05, 4.69) is 17.8 Å². The van der Waals surface area contributed by atoms with Gasteiger partial charge in [-0.1, -0.05) is 54.2 Å². The molecule has 0 saturated heterocycles. The molecule has 80 valence electrons. The third kappa shape index (κ3) is 3.00. The number of terminal acetylenes is 1. The van der Waals surface area contributed by atoms with Crippen LogP contribution in [-0.4, -0.2) is 0 Å². The van der Waals surface area contributed by atoms with Crippen LogP contribution in [0.2, 0.25) is 0 Å². The molecule has 0 saturated carbocycles. The molecule has 2 aromatic rings. The molecule has 0 spiro atoms. The lowest BCUT2D eigenvalue weighted by molar-refractivity contribution is 1.30. The first-order valence-corrected chi connectivity index (χ1v) is 5.48. The summed E-state index contributed by atoms with van der Waals surface area (Å²) in [5, 5.41) is 0. The predicted octanol–water partition coefficient (Wildman–Crippen LogP) is 3.26. The molecule has 0 heterocycles. The quantitative estimate of drug-likeness (QED) is 0.642. The molecular weight excluding hydrogens is 204 g/mol. The zero-order valence-electron chi connectivity index (χ0n) is 9.48. The normalized spacial score (nSPS) is 8.88. The Balaban J connectivity index is 2.14. The lowest BCUT2D eigenvalue weighted by atomic mass is 10.1. The van der Waals surface area contributed by atoms with Crippen molar-refractivity contribution in [3.63, 3.8) is 0 Å². The molecular formula is C17H12. The van der Waals surface area contributed by atoms with E-state index in [-0.39, 0.29) is 0 Å². The van der Waals surface area contributed by atoms with Crippen LogP contribution in [0.15, 0.2) is 54.6 Å². The van der Waals surface area contributed by atoms with Crippen LogP contribution in [0.1, 0.15) is 16.7 Å². The van der Waals surface area contributed by atoms with Crippen molar-refractivity contribution in [3.8, 4) is 24.2 Å². The zero-order valence-corrected chi connectivity index (χ0v) is 9.48. The molecule has 0 fully saturated rings. The van der Waals surface area contributed by atoms with Crippen molar-refractivity contribution in [2.45, 2.75) is 6.42 Å². The summed E-state index contributed by atoms with van der Waals surface area (Å²) in [6.45, 7) is 0. The minimum atomic E-state index is 0.690. The Morgan fingerprint density at radius 1 is 0.882 bits per heavy atom. The topological polar surface area (TPSA) is 0 Å². The summed E-state index contributed by atoms with van der Waals surface area (Å²) < 4.78 is 0. The first-order valence-electron chi connectivity index (χ1n) is 5.48. The molecule has 2 aromatic carbocycles. The molecule has 0 N–H and O–H groups in total. The van der Waals surface area contributed by atoms with Crippen LogP contribution in [0.3, 0.4) is 0 Å². The average molecular weight is 216 g/mol. The molecule has 0 aliphatic heterocycles. The molecule has 0 nitrogen and oxygen atoms in total. The highest BCUT2D eigenvalue weighted by Gasteiger charge is 1.95. The molecule has 0 amide bonds. The van der Waals surface area contributed by atoms with Crippen molar-refractivity contribution in [1.82, 2.24) is 0 Å². The van der Waals surface area contributed by atoms with Crippen LogP contribution in [-0.2, 0) is 6.42 Å². The fraction of sp³-hybridized carbons (Fsp3) is 0.0588. The molecule has 0 radical (unpaired) electrons. The Morgan fingerprint density at radius 3 is 2.35 bits per heavy atom. The SMILES string of the molecule is C#Cc1ccccc1CC#Cc1ccccc1. The highest BCUT2D eigenvalue weighted by atomic mass is 14.0. The minimum absolute atomic E-state index is 0.690. The van der Waals surface area contributed by atoms with Gasteiger partial charge in [0.2, 0.25) is 0 Å². The van der Waals surface area contributed by atoms with Gasteiger partial charge in [-0.15, -0.1) is 6.42 Å². The van der Waals surface area contributed by atoms with E-state index in [0.717, 1.165) is 16.7 Å².